The van der Waals surface area contributed by atoms with Crippen molar-refractivity contribution in [1.82, 2.24) is 15.8 Å². The second-order valence-electron chi connectivity index (χ2n) is 6.02. The minimum atomic E-state index is -1.13. The van der Waals surface area contributed by atoms with Gasteiger partial charge in [0.25, 0.3) is 11.8 Å². The number of aryl methyl sites for hydroxylation is 1. The van der Waals surface area contributed by atoms with Crippen LogP contribution in [0.15, 0.2) is 30.3 Å². The highest BCUT2D eigenvalue weighted by atomic mass is 16.6. The van der Waals surface area contributed by atoms with E-state index in [4.69, 9.17) is 0 Å². The molecule has 4 amide bonds. The first-order valence-corrected chi connectivity index (χ1v) is 8.00. The van der Waals surface area contributed by atoms with Crippen LogP contribution in [0.1, 0.15) is 18.9 Å². The second-order valence-corrected chi connectivity index (χ2v) is 6.02. The molecule has 0 unspecified atom stereocenters. The topological polar surface area (TPSA) is 114 Å². The van der Waals surface area contributed by atoms with Gasteiger partial charge in [0.15, 0.2) is 6.61 Å². The zero-order valence-electron chi connectivity index (χ0n) is 14.6. The lowest BCUT2D eigenvalue weighted by Crippen LogP contribution is -2.50. The molecular weight excluding hydrogens is 342 g/mol. The van der Waals surface area contributed by atoms with Crippen molar-refractivity contribution in [2.45, 2.75) is 25.3 Å². The maximum absolute atomic E-state index is 12.5. The Labute approximate surface area is 150 Å². The van der Waals surface area contributed by atoms with Crippen molar-refractivity contribution in [2.75, 3.05) is 20.3 Å². The predicted octanol–water partition coefficient (Wildman–Crippen LogP) is 0.151. The summed E-state index contributed by atoms with van der Waals surface area (Å²) < 4.78 is 9.20. The average molecular weight is 363 g/mol. The summed E-state index contributed by atoms with van der Waals surface area (Å²) in [4.78, 5) is 47.5. The molecule has 0 aliphatic carbocycles. The number of ether oxygens (including phenoxy) is 2. The molecular formula is C17H21N3O6. The molecule has 0 radical (unpaired) electrons. The van der Waals surface area contributed by atoms with Crippen LogP contribution in [-0.4, -0.2) is 54.7 Å². The van der Waals surface area contributed by atoms with Crippen molar-refractivity contribution >= 4 is 23.8 Å². The Balaban J connectivity index is 1.90. The lowest BCUT2D eigenvalue weighted by molar-refractivity contribution is -0.153. The van der Waals surface area contributed by atoms with E-state index in [-0.39, 0.29) is 6.61 Å². The molecule has 0 spiro atoms. The van der Waals surface area contributed by atoms with Crippen molar-refractivity contribution in [3.8, 4) is 0 Å². The first-order chi connectivity index (χ1) is 12.4. The average Bonchev–Trinajstić information content (AvgIpc) is 2.83. The van der Waals surface area contributed by atoms with Crippen LogP contribution in [0.4, 0.5) is 4.79 Å². The molecule has 1 aromatic carbocycles. The van der Waals surface area contributed by atoms with Crippen LogP contribution < -0.4 is 10.7 Å². The third-order valence-electron chi connectivity index (χ3n) is 3.88. The van der Waals surface area contributed by atoms with Crippen LogP contribution >= 0.6 is 0 Å². The summed E-state index contributed by atoms with van der Waals surface area (Å²) in [6, 6.07) is 8.80. The van der Waals surface area contributed by atoms with Gasteiger partial charge in [-0.25, -0.2) is 9.59 Å². The van der Waals surface area contributed by atoms with E-state index in [0.717, 1.165) is 5.56 Å². The fourth-order valence-electron chi connectivity index (χ4n) is 2.46. The second kappa shape index (κ2) is 8.43. The smallest absolute Gasteiger partial charge is 0.344 e. The van der Waals surface area contributed by atoms with E-state index < -0.39 is 36.0 Å². The van der Waals surface area contributed by atoms with Crippen LogP contribution in [0.25, 0.3) is 0 Å². The maximum atomic E-state index is 12.5. The van der Waals surface area contributed by atoms with Crippen molar-refractivity contribution in [3.63, 3.8) is 0 Å². The fourth-order valence-corrected chi connectivity index (χ4v) is 2.46. The van der Waals surface area contributed by atoms with Crippen molar-refractivity contribution in [2.24, 2.45) is 0 Å². The Morgan fingerprint density at radius 3 is 2.54 bits per heavy atom. The number of benzene rings is 1. The number of carbonyl (C=O) groups is 4. The summed E-state index contributed by atoms with van der Waals surface area (Å²) in [5, 5.41) is 3.19. The van der Waals surface area contributed by atoms with Gasteiger partial charge >= 0.3 is 12.0 Å². The van der Waals surface area contributed by atoms with E-state index in [9.17, 15) is 19.2 Å². The molecule has 26 heavy (non-hydrogen) atoms. The first kappa shape index (κ1) is 19.4. The number of imide groups is 1. The molecule has 1 atom stereocenters. The van der Waals surface area contributed by atoms with Crippen LogP contribution in [0, 0.1) is 0 Å². The quantitative estimate of drug-likeness (QED) is 0.502. The number of nitrogens with one attached hydrogen (secondary N) is 2. The molecule has 0 bridgehead atoms. The first-order valence-electron chi connectivity index (χ1n) is 8.00. The van der Waals surface area contributed by atoms with Gasteiger partial charge in [-0.3, -0.25) is 15.0 Å². The lowest BCUT2D eigenvalue weighted by Gasteiger charge is -2.21. The molecule has 1 aromatic rings. The molecule has 2 rings (SSSR count). The van der Waals surface area contributed by atoms with Gasteiger partial charge in [-0.15, -0.1) is 0 Å². The fraction of sp³-hybridized carbons (Fsp3) is 0.412. The number of carbonyl (C=O) groups excluding carboxylic acids is 4. The molecule has 1 heterocycles. The zero-order valence-corrected chi connectivity index (χ0v) is 14.6. The number of nitrogens with zero attached hydrogens (tertiary/aromatic N) is 1. The van der Waals surface area contributed by atoms with E-state index in [1.807, 2.05) is 30.3 Å². The van der Waals surface area contributed by atoms with Crippen molar-refractivity contribution < 1.29 is 28.7 Å². The monoisotopic (exact) mass is 363 g/mol. The Bertz CT molecular complexity index is 693. The molecule has 2 N–H and O–H groups in total. The van der Waals surface area contributed by atoms with Gasteiger partial charge in [0.1, 0.15) is 12.1 Å². The molecule has 9 nitrogen and oxygen atoms in total. The van der Waals surface area contributed by atoms with Gasteiger partial charge in [0, 0.05) is 7.11 Å². The molecule has 0 saturated carbocycles. The third-order valence-corrected chi connectivity index (χ3v) is 3.88. The number of hydrogen-bond acceptors (Lipinski definition) is 6. The lowest BCUT2D eigenvalue weighted by atomic mass is 9.93. The summed E-state index contributed by atoms with van der Waals surface area (Å²) in [5.41, 5.74) is 2.04. The van der Waals surface area contributed by atoms with E-state index in [1.54, 1.807) is 6.92 Å². The summed E-state index contributed by atoms with van der Waals surface area (Å²) in [6.45, 7) is 0.675. The molecule has 0 aromatic heterocycles. The van der Waals surface area contributed by atoms with Crippen LogP contribution in [0.2, 0.25) is 0 Å². The molecule has 1 aliphatic heterocycles. The third kappa shape index (κ3) is 4.79. The summed E-state index contributed by atoms with van der Waals surface area (Å²) >= 11 is 0. The number of urea groups is 1. The molecule has 140 valence electrons. The number of amides is 4. The summed E-state index contributed by atoms with van der Waals surface area (Å²) in [7, 11) is 1.31. The van der Waals surface area contributed by atoms with E-state index >= 15 is 0 Å². The SMILES string of the molecule is COCC(=O)OCC(=O)NN1C(=O)N[C@@](C)(CCc2ccccc2)C1=O. The van der Waals surface area contributed by atoms with Crippen molar-refractivity contribution in [3.05, 3.63) is 35.9 Å². The van der Waals surface area contributed by atoms with Gasteiger partial charge in [-0.2, -0.15) is 5.01 Å². The highest BCUT2D eigenvalue weighted by Gasteiger charge is 2.48. The Morgan fingerprint density at radius 2 is 1.88 bits per heavy atom. The minimum Gasteiger partial charge on any atom is -0.454 e. The zero-order chi connectivity index (χ0) is 19.2. The molecule has 1 aliphatic rings. The van der Waals surface area contributed by atoms with Gasteiger partial charge in [-0.1, -0.05) is 30.3 Å². The minimum absolute atomic E-state index is 0.298. The Morgan fingerprint density at radius 1 is 1.19 bits per heavy atom. The summed E-state index contributed by atoms with van der Waals surface area (Å²) in [6.07, 6.45) is 0.955. The molecule has 1 fully saturated rings. The number of hydrogen-bond donors (Lipinski definition) is 2. The standard InChI is InChI=1S/C17H21N3O6/c1-17(9-8-12-6-4-3-5-7-12)15(23)20(16(24)18-17)19-13(21)10-26-14(22)11-25-2/h3-7H,8-11H2,1-2H3,(H,18,24)(H,19,21)/t17-/m0/s1. The Hall–Kier alpha value is -2.94. The van der Waals surface area contributed by atoms with Crippen LogP contribution in [-0.2, 0) is 30.3 Å². The largest absolute Gasteiger partial charge is 0.454 e. The van der Waals surface area contributed by atoms with Gasteiger partial charge in [0.05, 0.1) is 0 Å². The Kier molecular flexibility index (Phi) is 6.29. The number of rotatable bonds is 8. The van der Waals surface area contributed by atoms with Gasteiger partial charge in [0.2, 0.25) is 0 Å². The normalized spacial score (nSPS) is 19.2. The number of esters is 1. The van der Waals surface area contributed by atoms with Crippen LogP contribution in [0.3, 0.4) is 0 Å². The predicted molar refractivity (Wildman–Crippen MR) is 89.5 cm³/mol. The van der Waals surface area contributed by atoms with E-state index in [1.165, 1.54) is 7.11 Å². The highest BCUT2D eigenvalue weighted by molar-refractivity contribution is 6.07. The van der Waals surface area contributed by atoms with Crippen LogP contribution in [0.5, 0.6) is 0 Å². The molecule has 9 heteroatoms. The summed E-state index contributed by atoms with van der Waals surface area (Å²) in [5.74, 6) is -2.10. The van der Waals surface area contributed by atoms with Gasteiger partial charge in [-0.05, 0) is 25.3 Å². The van der Waals surface area contributed by atoms with Crippen molar-refractivity contribution in [1.29, 1.82) is 0 Å². The number of methoxy groups -OCH3 is 1. The van der Waals surface area contributed by atoms with E-state index in [0.29, 0.717) is 17.9 Å². The highest BCUT2D eigenvalue weighted by Crippen LogP contribution is 2.22. The number of hydrazine groups is 1. The van der Waals surface area contributed by atoms with Gasteiger partial charge < -0.3 is 14.8 Å². The molecule has 1 saturated heterocycles. The maximum Gasteiger partial charge on any atom is 0.344 e. The van der Waals surface area contributed by atoms with E-state index in [2.05, 4.69) is 20.2 Å².